The van der Waals surface area contributed by atoms with E-state index in [0.717, 1.165) is 0 Å². The van der Waals surface area contributed by atoms with Gasteiger partial charge in [-0.15, -0.1) is 13.2 Å². The predicted molar refractivity (Wildman–Crippen MR) is 56.4 cm³/mol. The van der Waals surface area contributed by atoms with Crippen LogP contribution in [0, 0.1) is 10.1 Å². The van der Waals surface area contributed by atoms with Crippen LogP contribution in [-0.4, -0.2) is 28.8 Å². The Balaban J connectivity index is 3.39. The van der Waals surface area contributed by atoms with E-state index in [-0.39, 0.29) is 6.61 Å². The second-order valence-corrected chi connectivity index (χ2v) is 3.23. The van der Waals surface area contributed by atoms with E-state index in [9.17, 15) is 32.9 Å². The van der Waals surface area contributed by atoms with Crippen molar-refractivity contribution in [3.63, 3.8) is 0 Å². The molecule has 0 bridgehead atoms. The monoisotopic (exact) mass is 296 g/mol. The molecule has 0 aliphatic heterocycles. The molecule has 0 amide bonds. The summed E-state index contributed by atoms with van der Waals surface area (Å²) in [5.74, 6) is -2.59. The maximum absolute atomic E-state index is 12.0. The van der Waals surface area contributed by atoms with Gasteiger partial charge in [-0.1, -0.05) is 0 Å². The third kappa shape index (κ3) is 3.46. The number of alkyl halides is 3. The number of halogens is 3. The van der Waals surface area contributed by atoms with E-state index < -0.39 is 39.8 Å². The van der Waals surface area contributed by atoms with Crippen molar-refractivity contribution in [3.8, 4) is 5.75 Å². The predicted octanol–water partition coefficient (Wildman–Crippen LogP) is 1.36. The lowest BCUT2D eigenvalue weighted by Crippen LogP contribution is -2.25. The summed E-state index contributed by atoms with van der Waals surface area (Å²) in [6.07, 6.45) is -4.80. The highest BCUT2D eigenvalue weighted by molar-refractivity contribution is 5.91. The molecule has 1 aromatic rings. The van der Waals surface area contributed by atoms with Gasteiger partial charge in [-0.25, -0.2) is 4.79 Å². The first-order valence-electron chi connectivity index (χ1n) is 5.00. The maximum Gasteiger partial charge on any atom is 0.573 e. The summed E-state index contributed by atoms with van der Waals surface area (Å²) in [4.78, 5) is 34.2. The average molecular weight is 296 g/mol. The van der Waals surface area contributed by atoms with Crippen molar-refractivity contribution in [2.75, 3.05) is 6.61 Å². The summed E-state index contributed by atoms with van der Waals surface area (Å²) in [6.45, 7) is 1.27. The summed E-state index contributed by atoms with van der Waals surface area (Å²) in [7, 11) is 0. The zero-order valence-electron chi connectivity index (χ0n) is 9.82. The number of aromatic nitrogens is 1. The Kier molecular flexibility index (Phi) is 4.32. The number of rotatable bonds is 4. The molecule has 0 aliphatic rings. The van der Waals surface area contributed by atoms with Gasteiger partial charge >= 0.3 is 23.4 Å². The Morgan fingerprint density at radius 3 is 2.55 bits per heavy atom. The number of aromatic amines is 1. The minimum atomic E-state index is -5.20. The highest BCUT2D eigenvalue weighted by Crippen LogP contribution is 2.22. The van der Waals surface area contributed by atoms with Gasteiger partial charge in [0.1, 0.15) is 0 Å². The SMILES string of the molecule is CCOC(=O)c1[nH]cc(OC(F)(F)F)c(=O)c1[N+](=O)[O-]. The van der Waals surface area contributed by atoms with Crippen LogP contribution in [0.15, 0.2) is 11.0 Å². The molecule has 0 radical (unpaired) electrons. The Morgan fingerprint density at radius 1 is 1.50 bits per heavy atom. The number of carbonyl (C=O) groups is 1. The molecule has 110 valence electrons. The fraction of sp³-hybridized carbons (Fsp3) is 0.333. The third-order valence-corrected chi connectivity index (χ3v) is 1.91. The van der Waals surface area contributed by atoms with Crippen LogP contribution >= 0.6 is 0 Å². The number of hydrogen-bond donors (Lipinski definition) is 1. The summed E-state index contributed by atoms with van der Waals surface area (Å²) in [5, 5.41) is 10.7. The standard InChI is InChI=1S/C9H7F3N2O6/c1-2-19-8(16)5-6(14(17)18)7(15)4(3-13-5)20-9(10,11)12/h3H,2H2,1H3,(H,13,15). The van der Waals surface area contributed by atoms with Gasteiger partial charge in [-0.05, 0) is 6.92 Å². The van der Waals surface area contributed by atoms with Crippen LogP contribution in [0.2, 0.25) is 0 Å². The van der Waals surface area contributed by atoms with Gasteiger partial charge in [0.2, 0.25) is 5.69 Å². The summed E-state index contributed by atoms with van der Waals surface area (Å²) in [5.41, 5.74) is -3.93. The number of nitro groups is 1. The van der Waals surface area contributed by atoms with Crippen molar-refractivity contribution in [2.45, 2.75) is 13.3 Å². The molecule has 11 heteroatoms. The lowest BCUT2D eigenvalue weighted by molar-refractivity contribution is -0.386. The van der Waals surface area contributed by atoms with Crippen molar-refractivity contribution in [1.82, 2.24) is 4.98 Å². The molecule has 0 atom stereocenters. The van der Waals surface area contributed by atoms with Crippen LogP contribution < -0.4 is 10.2 Å². The molecule has 0 aliphatic carbocycles. The number of hydrogen-bond acceptors (Lipinski definition) is 6. The molecule has 0 unspecified atom stereocenters. The van der Waals surface area contributed by atoms with E-state index in [1.54, 1.807) is 0 Å². The van der Waals surface area contributed by atoms with Crippen LogP contribution in [0.4, 0.5) is 18.9 Å². The van der Waals surface area contributed by atoms with Crippen LogP contribution in [0.1, 0.15) is 17.4 Å². The normalized spacial score (nSPS) is 11.0. The first-order valence-corrected chi connectivity index (χ1v) is 5.00. The molecule has 0 saturated carbocycles. The lowest BCUT2D eigenvalue weighted by atomic mass is 10.3. The Hall–Kier alpha value is -2.59. The summed E-state index contributed by atoms with van der Waals surface area (Å²) < 4.78 is 43.7. The van der Waals surface area contributed by atoms with Gasteiger partial charge in [0, 0.05) is 6.20 Å². The molecular weight excluding hydrogens is 289 g/mol. The highest BCUT2D eigenvalue weighted by Gasteiger charge is 2.36. The number of H-pyrrole nitrogens is 1. The topological polar surface area (TPSA) is 112 Å². The van der Waals surface area contributed by atoms with Gasteiger partial charge in [0.05, 0.1) is 11.5 Å². The fourth-order valence-electron chi connectivity index (χ4n) is 1.24. The second-order valence-electron chi connectivity index (χ2n) is 3.23. The molecule has 1 heterocycles. The van der Waals surface area contributed by atoms with Crippen molar-refractivity contribution in [1.29, 1.82) is 0 Å². The molecular formula is C9H7F3N2O6. The number of pyridine rings is 1. The molecule has 1 N–H and O–H groups in total. The maximum atomic E-state index is 12.0. The Morgan fingerprint density at radius 2 is 2.10 bits per heavy atom. The van der Waals surface area contributed by atoms with Crippen molar-refractivity contribution in [2.24, 2.45) is 0 Å². The quantitative estimate of drug-likeness (QED) is 0.510. The van der Waals surface area contributed by atoms with E-state index in [4.69, 9.17) is 0 Å². The first kappa shape index (κ1) is 15.5. The van der Waals surface area contributed by atoms with Crippen molar-refractivity contribution < 1.29 is 32.4 Å². The van der Waals surface area contributed by atoms with Crippen LogP contribution in [0.25, 0.3) is 0 Å². The zero-order valence-corrected chi connectivity index (χ0v) is 9.82. The van der Waals surface area contributed by atoms with Crippen molar-refractivity contribution >= 4 is 11.7 Å². The van der Waals surface area contributed by atoms with Crippen molar-refractivity contribution in [3.05, 3.63) is 32.2 Å². The van der Waals surface area contributed by atoms with Gasteiger partial charge in [-0.2, -0.15) is 0 Å². The Bertz CT molecular complexity index is 594. The molecule has 0 fully saturated rings. The van der Waals surface area contributed by atoms with E-state index in [1.165, 1.54) is 6.92 Å². The summed E-state index contributed by atoms with van der Waals surface area (Å²) in [6, 6.07) is 0. The summed E-state index contributed by atoms with van der Waals surface area (Å²) >= 11 is 0. The molecule has 1 rings (SSSR count). The van der Waals surface area contributed by atoms with Gasteiger partial charge in [-0.3, -0.25) is 14.9 Å². The molecule has 0 saturated heterocycles. The fourth-order valence-corrected chi connectivity index (χ4v) is 1.24. The number of esters is 1. The van der Waals surface area contributed by atoms with E-state index in [2.05, 4.69) is 9.47 Å². The van der Waals surface area contributed by atoms with E-state index in [1.807, 2.05) is 4.98 Å². The Labute approximate surface area is 108 Å². The van der Waals surface area contributed by atoms with Gasteiger partial charge in [0.15, 0.2) is 5.75 Å². The van der Waals surface area contributed by atoms with Gasteiger partial charge in [0.25, 0.3) is 0 Å². The van der Waals surface area contributed by atoms with Crippen LogP contribution in [0.5, 0.6) is 5.75 Å². The lowest BCUT2D eigenvalue weighted by Gasteiger charge is -2.08. The molecule has 8 nitrogen and oxygen atoms in total. The van der Waals surface area contributed by atoms with Crippen LogP contribution in [0.3, 0.4) is 0 Å². The highest BCUT2D eigenvalue weighted by atomic mass is 19.4. The molecule has 20 heavy (non-hydrogen) atoms. The largest absolute Gasteiger partial charge is 0.573 e. The smallest absolute Gasteiger partial charge is 0.461 e. The first-order chi connectivity index (χ1) is 9.17. The minimum Gasteiger partial charge on any atom is -0.461 e. The molecule has 1 aromatic heterocycles. The number of nitrogens with one attached hydrogen (secondary N) is 1. The number of ether oxygens (including phenoxy) is 2. The molecule has 0 spiro atoms. The average Bonchev–Trinajstić information content (AvgIpc) is 2.29. The zero-order chi connectivity index (χ0) is 15.5. The van der Waals surface area contributed by atoms with Gasteiger partial charge < -0.3 is 14.5 Å². The third-order valence-electron chi connectivity index (χ3n) is 1.91. The second kappa shape index (κ2) is 5.59. The van der Waals surface area contributed by atoms with E-state index in [0.29, 0.717) is 6.20 Å². The van der Waals surface area contributed by atoms with Crippen LogP contribution in [-0.2, 0) is 4.74 Å². The number of nitrogens with zero attached hydrogens (tertiary/aromatic N) is 1. The van der Waals surface area contributed by atoms with E-state index >= 15 is 0 Å². The molecule has 0 aromatic carbocycles. The minimum absolute atomic E-state index is 0.140. The number of carbonyl (C=O) groups excluding carboxylic acids is 1.